The van der Waals surface area contributed by atoms with Gasteiger partial charge < -0.3 is 4.90 Å². The highest BCUT2D eigenvalue weighted by atomic mass is 16.2. The maximum atomic E-state index is 13.1. The fourth-order valence-corrected chi connectivity index (χ4v) is 4.59. The van der Waals surface area contributed by atoms with Crippen LogP contribution >= 0.6 is 0 Å². The Hall–Kier alpha value is -4.03. The molecule has 2 heterocycles. The van der Waals surface area contributed by atoms with Crippen molar-refractivity contribution in [3.63, 3.8) is 0 Å². The quantitative estimate of drug-likeness (QED) is 0.517. The number of amides is 3. The first-order valence-electron chi connectivity index (χ1n) is 11.9. The van der Waals surface area contributed by atoms with E-state index in [1.165, 1.54) is 10.5 Å². The van der Waals surface area contributed by atoms with Crippen molar-refractivity contribution in [1.29, 1.82) is 0 Å². The smallest absolute Gasteiger partial charge is 0.261 e. The Bertz CT molecular complexity index is 1240. The summed E-state index contributed by atoms with van der Waals surface area (Å²) in [5.74, 6) is -0.604. The number of nitrogens with zero attached hydrogens (tertiary/aromatic N) is 3. The van der Waals surface area contributed by atoms with Crippen LogP contribution in [0.3, 0.4) is 0 Å². The molecule has 0 radical (unpaired) electrons. The summed E-state index contributed by atoms with van der Waals surface area (Å²) in [5.41, 5.74) is 3.39. The summed E-state index contributed by atoms with van der Waals surface area (Å²) < 4.78 is 0. The molecule has 5 rings (SSSR count). The highest BCUT2D eigenvalue weighted by Gasteiger charge is 2.35. The fraction of sp³-hybridized carbons (Fsp3) is 0.207. The van der Waals surface area contributed by atoms with E-state index in [2.05, 4.69) is 29.2 Å². The predicted octanol–water partition coefficient (Wildman–Crippen LogP) is 3.95. The van der Waals surface area contributed by atoms with E-state index in [1.54, 1.807) is 36.4 Å². The van der Waals surface area contributed by atoms with Gasteiger partial charge in [-0.3, -0.25) is 24.2 Å². The molecule has 6 nitrogen and oxygen atoms in total. The first-order valence-corrected chi connectivity index (χ1v) is 11.9. The Morgan fingerprint density at radius 2 is 1.43 bits per heavy atom. The lowest BCUT2D eigenvalue weighted by Gasteiger charge is -2.34. The summed E-state index contributed by atoms with van der Waals surface area (Å²) in [5, 5.41) is 0. The van der Waals surface area contributed by atoms with Crippen molar-refractivity contribution >= 4 is 23.8 Å². The van der Waals surface area contributed by atoms with Crippen LogP contribution in [0, 0.1) is 0 Å². The van der Waals surface area contributed by atoms with Crippen LogP contribution in [-0.4, -0.2) is 65.1 Å². The molecule has 0 N–H and O–H groups in total. The van der Waals surface area contributed by atoms with Crippen LogP contribution in [-0.2, 0) is 6.54 Å². The number of hydrogen-bond acceptors (Lipinski definition) is 4. The molecule has 0 unspecified atom stereocenters. The monoisotopic (exact) mass is 465 g/mol. The third-order valence-electron chi connectivity index (χ3n) is 6.53. The largest absolute Gasteiger partial charge is 0.336 e. The number of carbonyl (C=O) groups excluding carboxylic acids is 3. The molecule has 1 fully saturated rings. The first-order chi connectivity index (χ1) is 17.1. The second-order valence-electron chi connectivity index (χ2n) is 8.85. The van der Waals surface area contributed by atoms with E-state index < -0.39 is 0 Å². The highest BCUT2D eigenvalue weighted by molar-refractivity contribution is 6.21. The number of rotatable bonds is 6. The van der Waals surface area contributed by atoms with Crippen molar-refractivity contribution in [2.45, 2.75) is 6.54 Å². The number of piperazine rings is 1. The molecule has 3 aromatic carbocycles. The van der Waals surface area contributed by atoms with Gasteiger partial charge in [0.1, 0.15) is 0 Å². The standard InChI is InChI=1S/C29H27N3O3/c33-27(31-18-16-30(17-19-31)15-7-11-22-8-2-1-3-9-22)24-12-6-10-23(20-24)21-32-28(34)25-13-4-5-14-26(25)29(32)35/h1-14,20H,15-19,21H2/b11-7+. The van der Waals surface area contributed by atoms with Crippen molar-refractivity contribution < 1.29 is 14.4 Å². The Labute approximate surface area is 205 Å². The molecule has 35 heavy (non-hydrogen) atoms. The first kappa shape index (κ1) is 22.7. The summed E-state index contributed by atoms with van der Waals surface area (Å²) in [6.07, 6.45) is 4.28. The summed E-state index contributed by atoms with van der Waals surface area (Å²) in [7, 11) is 0. The molecule has 6 heteroatoms. The van der Waals surface area contributed by atoms with Crippen LogP contribution in [0.2, 0.25) is 0 Å². The van der Waals surface area contributed by atoms with Gasteiger partial charge in [0.05, 0.1) is 17.7 Å². The van der Waals surface area contributed by atoms with E-state index in [4.69, 9.17) is 0 Å². The third-order valence-corrected chi connectivity index (χ3v) is 6.53. The van der Waals surface area contributed by atoms with E-state index >= 15 is 0 Å². The van der Waals surface area contributed by atoms with Crippen LogP contribution in [0.5, 0.6) is 0 Å². The SMILES string of the molecule is O=C(c1cccc(CN2C(=O)c3ccccc3C2=O)c1)N1CCN(C/C=C/c2ccccc2)CC1. The minimum Gasteiger partial charge on any atom is -0.336 e. The van der Waals surface area contributed by atoms with E-state index in [0.717, 1.165) is 25.2 Å². The molecule has 176 valence electrons. The number of carbonyl (C=O) groups is 3. The van der Waals surface area contributed by atoms with Gasteiger partial charge in [0, 0.05) is 38.3 Å². The van der Waals surface area contributed by atoms with Gasteiger partial charge in [-0.1, -0.05) is 66.7 Å². The van der Waals surface area contributed by atoms with E-state index in [9.17, 15) is 14.4 Å². The van der Waals surface area contributed by atoms with E-state index in [0.29, 0.717) is 29.8 Å². The Morgan fingerprint density at radius 3 is 2.11 bits per heavy atom. The van der Waals surface area contributed by atoms with Crippen LogP contribution in [0.4, 0.5) is 0 Å². The number of imide groups is 1. The van der Waals surface area contributed by atoms with Crippen LogP contribution in [0.15, 0.2) is 84.9 Å². The predicted molar refractivity (Wildman–Crippen MR) is 135 cm³/mol. The van der Waals surface area contributed by atoms with E-state index in [-0.39, 0.29) is 24.3 Å². The Kier molecular flexibility index (Phi) is 6.55. The molecule has 0 aliphatic carbocycles. The zero-order valence-electron chi connectivity index (χ0n) is 19.5. The number of benzene rings is 3. The van der Waals surface area contributed by atoms with Crippen molar-refractivity contribution in [2.75, 3.05) is 32.7 Å². The minimum atomic E-state index is -0.292. The summed E-state index contributed by atoms with van der Waals surface area (Å²) >= 11 is 0. The van der Waals surface area contributed by atoms with Gasteiger partial charge in [-0.05, 0) is 35.4 Å². The normalized spacial score (nSPS) is 16.2. The van der Waals surface area contributed by atoms with Crippen LogP contribution < -0.4 is 0 Å². The molecule has 1 saturated heterocycles. The zero-order chi connectivity index (χ0) is 24.2. The average Bonchev–Trinajstić information content (AvgIpc) is 3.14. The highest BCUT2D eigenvalue weighted by Crippen LogP contribution is 2.24. The Balaban J connectivity index is 1.17. The molecule has 3 amide bonds. The summed E-state index contributed by atoms with van der Waals surface area (Å²) in [6, 6.07) is 24.3. The van der Waals surface area contributed by atoms with Gasteiger partial charge in [0.15, 0.2) is 0 Å². The second kappa shape index (κ2) is 10.1. The minimum absolute atomic E-state index is 0.0197. The lowest BCUT2D eigenvalue weighted by Crippen LogP contribution is -2.48. The third kappa shape index (κ3) is 4.93. The maximum absolute atomic E-state index is 13.1. The molecular weight excluding hydrogens is 438 g/mol. The second-order valence-corrected chi connectivity index (χ2v) is 8.85. The molecule has 2 aliphatic rings. The molecule has 2 aliphatic heterocycles. The van der Waals surface area contributed by atoms with E-state index in [1.807, 2.05) is 35.2 Å². The molecule has 0 bridgehead atoms. The molecule has 0 aromatic heterocycles. The zero-order valence-corrected chi connectivity index (χ0v) is 19.5. The van der Waals surface area contributed by atoms with Gasteiger partial charge in [-0.15, -0.1) is 0 Å². The van der Waals surface area contributed by atoms with Gasteiger partial charge in [0.25, 0.3) is 17.7 Å². The molecular formula is C29H27N3O3. The maximum Gasteiger partial charge on any atom is 0.261 e. The van der Waals surface area contributed by atoms with Gasteiger partial charge >= 0.3 is 0 Å². The van der Waals surface area contributed by atoms with Crippen molar-refractivity contribution in [2.24, 2.45) is 0 Å². The lowest BCUT2D eigenvalue weighted by atomic mass is 10.1. The number of fused-ring (bicyclic) bond motifs is 1. The summed E-state index contributed by atoms with van der Waals surface area (Å²) in [4.78, 5) is 44.0. The van der Waals surface area contributed by atoms with Gasteiger partial charge in [0.2, 0.25) is 0 Å². The lowest BCUT2D eigenvalue weighted by molar-refractivity contribution is 0.0640. The molecule has 0 saturated carbocycles. The van der Waals surface area contributed by atoms with Crippen molar-refractivity contribution in [3.05, 3.63) is 113 Å². The van der Waals surface area contributed by atoms with Gasteiger partial charge in [-0.25, -0.2) is 0 Å². The van der Waals surface area contributed by atoms with Crippen molar-refractivity contribution in [1.82, 2.24) is 14.7 Å². The topological polar surface area (TPSA) is 60.9 Å². The Morgan fingerprint density at radius 1 is 0.771 bits per heavy atom. The average molecular weight is 466 g/mol. The van der Waals surface area contributed by atoms with Crippen molar-refractivity contribution in [3.8, 4) is 0 Å². The number of hydrogen-bond donors (Lipinski definition) is 0. The molecule has 0 spiro atoms. The fourth-order valence-electron chi connectivity index (χ4n) is 4.59. The molecule has 3 aromatic rings. The summed E-state index contributed by atoms with van der Waals surface area (Å²) in [6.45, 7) is 3.97. The van der Waals surface area contributed by atoms with Gasteiger partial charge in [-0.2, -0.15) is 0 Å². The van der Waals surface area contributed by atoms with Crippen LogP contribution in [0.1, 0.15) is 42.2 Å². The molecule has 0 atom stereocenters. The van der Waals surface area contributed by atoms with Crippen LogP contribution in [0.25, 0.3) is 6.08 Å².